The molecule has 11 heavy (non-hydrogen) atoms. The van der Waals surface area contributed by atoms with Crippen LogP contribution in [-0.2, 0) is 0 Å². The molecule has 0 radical (unpaired) electrons. The van der Waals surface area contributed by atoms with Crippen LogP contribution in [0.1, 0.15) is 5.56 Å². The van der Waals surface area contributed by atoms with Crippen LogP contribution >= 0.6 is 0 Å². The summed E-state index contributed by atoms with van der Waals surface area (Å²) in [6, 6.07) is 5.73. The Morgan fingerprint density at radius 3 is 3.00 bits per heavy atom. The lowest BCUT2D eigenvalue weighted by molar-refractivity contribution is 0.198. The Labute approximate surface area is 63.9 Å². The second-order valence-electron chi connectivity index (χ2n) is 2.53. The summed E-state index contributed by atoms with van der Waals surface area (Å²) in [6.45, 7) is 1.94. The Morgan fingerprint density at radius 1 is 1.45 bits per heavy atom. The van der Waals surface area contributed by atoms with E-state index in [-0.39, 0.29) is 0 Å². The average molecular weight is 148 g/mol. The predicted octanol–water partition coefficient (Wildman–Crippen LogP) is 1.58. The fourth-order valence-corrected chi connectivity index (χ4v) is 1.22. The number of rotatable bonds is 0. The standard InChI is InChI=1S/C8H8N2O/c1-6-3-2-4-7-8(6)10(11)5-9-7/h2-5,11H,1H3. The number of fused-ring (bicyclic) bond motifs is 1. The molecule has 0 fully saturated rings. The van der Waals surface area contributed by atoms with Crippen molar-refractivity contribution in [2.24, 2.45) is 0 Å². The van der Waals surface area contributed by atoms with Gasteiger partial charge in [0.05, 0.1) is 5.52 Å². The van der Waals surface area contributed by atoms with Crippen LogP contribution in [-0.4, -0.2) is 14.9 Å². The van der Waals surface area contributed by atoms with E-state index in [1.54, 1.807) is 0 Å². The minimum Gasteiger partial charge on any atom is -0.427 e. The molecule has 0 amide bonds. The van der Waals surface area contributed by atoms with E-state index in [0.29, 0.717) is 0 Å². The molecular weight excluding hydrogens is 140 g/mol. The van der Waals surface area contributed by atoms with E-state index in [2.05, 4.69) is 4.98 Å². The second-order valence-corrected chi connectivity index (χ2v) is 2.53. The van der Waals surface area contributed by atoms with Gasteiger partial charge in [0.25, 0.3) is 0 Å². The number of aromatic nitrogens is 2. The molecule has 0 saturated heterocycles. The largest absolute Gasteiger partial charge is 0.427 e. The fraction of sp³-hybridized carbons (Fsp3) is 0.125. The zero-order chi connectivity index (χ0) is 7.84. The molecule has 3 heteroatoms. The molecule has 0 unspecified atom stereocenters. The van der Waals surface area contributed by atoms with E-state index in [9.17, 15) is 5.21 Å². The lowest BCUT2D eigenvalue weighted by Crippen LogP contribution is -1.87. The third kappa shape index (κ3) is 0.774. The van der Waals surface area contributed by atoms with Crippen molar-refractivity contribution in [2.45, 2.75) is 6.92 Å². The number of nitrogens with zero attached hydrogens (tertiary/aromatic N) is 2. The van der Waals surface area contributed by atoms with Gasteiger partial charge >= 0.3 is 0 Å². The zero-order valence-electron chi connectivity index (χ0n) is 6.15. The summed E-state index contributed by atoms with van der Waals surface area (Å²) in [5, 5.41) is 9.25. The lowest BCUT2D eigenvalue weighted by atomic mass is 10.2. The summed E-state index contributed by atoms with van der Waals surface area (Å²) in [5.41, 5.74) is 2.64. The molecule has 0 spiro atoms. The van der Waals surface area contributed by atoms with Crippen LogP contribution in [0.15, 0.2) is 24.5 Å². The van der Waals surface area contributed by atoms with Gasteiger partial charge in [-0.2, -0.15) is 4.73 Å². The molecule has 1 aromatic heterocycles. The smallest absolute Gasteiger partial charge is 0.133 e. The highest BCUT2D eigenvalue weighted by atomic mass is 16.5. The molecule has 0 saturated carbocycles. The number of hydrogen-bond donors (Lipinski definition) is 1. The second kappa shape index (κ2) is 1.99. The first-order chi connectivity index (χ1) is 5.29. The molecule has 0 aliphatic heterocycles. The van der Waals surface area contributed by atoms with Crippen molar-refractivity contribution >= 4 is 11.0 Å². The van der Waals surface area contributed by atoms with E-state index in [0.717, 1.165) is 21.3 Å². The Bertz CT molecular complexity index is 392. The van der Waals surface area contributed by atoms with E-state index >= 15 is 0 Å². The minimum absolute atomic E-state index is 0.785. The Hall–Kier alpha value is -1.51. The van der Waals surface area contributed by atoms with Crippen LogP contribution in [0.5, 0.6) is 0 Å². The molecule has 1 N–H and O–H groups in total. The molecule has 1 heterocycles. The monoisotopic (exact) mass is 148 g/mol. The van der Waals surface area contributed by atoms with Crippen LogP contribution in [0, 0.1) is 6.92 Å². The molecule has 1 aromatic carbocycles. The zero-order valence-corrected chi connectivity index (χ0v) is 6.15. The highest BCUT2D eigenvalue weighted by molar-refractivity contribution is 5.78. The number of imidazole rings is 1. The van der Waals surface area contributed by atoms with Gasteiger partial charge in [-0.05, 0) is 18.6 Å². The molecule has 0 aliphatic carbocycles. The number of para-hydroxylation sites is 1. The normalized spacial score (nSPS) is 10.6. The van der Waals surface area contributed by atoms with Crippen LogP contribution in [0.3, 0.4) is 0 Å². The molecule has 56 valence electrons. The maximum absolute atomic E-state index is 9.25. The van der Waals surface area contributed by atoms with Gasteiger partial charge in [-0.25, -0.2) is 4.98 Å². The summed E-state index contributed by atoms with van der Waals surface area (Å²) < 4.78 is 1.05. The molecule has 2 aromatic rings. The molecule has 2 rings (SSSR count). The van der Waals surface area contributed by atoms with E-state index in [1.165, 1.54) is 6.33 Å². The van der Waals surface area contributed by atoms with Crippen molar-refractivity contribution in [1.29, 1.82) is 0 Å². The van der Waals surface area contributed by atoms with Gasteiger partial charge in [-0.15, -0.1) is 0 Å². The summed E-state index contributed by atoms with van der Waals surface area (Å²) in [5.74, 6) is 0. The van der Waals surface area contributed by atoms with E-state index < -0.39 is 0 Å². The molecular formula is C8H8N2O. The van der Waals surface area contributed by atoms with Gasteiger partial charge < -0.3 is 5.21 Å². The molecule has 3 nitrogen and oxygen atoms in total. The Kier molecular flexibility index (Phi) is 1.12. The topological polar surface area (TPSA) is 38.0 Å². The minimum atomic E-state index is 0.785. The van der Waals surface area contributed by atoms with Crippen LogP contribution in [0.2, 0.25) is 0 Å². The van der Waals surface area contributed by atoms with Crippen LogP contribution < -0.4 is 0 Å². The molecule has 0 bridgehead atoms. The first kappa shape index (κ1) is 6.22. The fourth-order valence-electron chi connectivity index (χ4n) is 1.22. The summed E-state index contributed by atoms with van der Waals surface area (Å²) in [6.07, 6.45) is 1.40. The van der Waals surface area contributed by atoms with Gasteiger partial charge in [-0.3, -0.25) is 0 Å². The maximum Gasteiger partial charge on any atom is 0.133 e. The van der Waals surface area contributed by atoms with Crippen molar-refractivity contribution in [3.63, 3.8) is 0 Å². The third-order valence-electron chi connectivity index (χ3n) is 1.75. The quantitative estimate of drug-likeness (QED) is 0.576. The highest BCUT2D eigenvalue weighted by Crippen LogP contribution is 2.14. The van der Waals surface area contributed by atoms with Crippen molar-refractivity contribution in [1.82, 2.24) is 9.71 Å². The van der Waals surface area contributed by atoms with Crippen LogP contribution in [0.25, 0.3) is 11.0 Å². The van der Waals surface area contributed by atoms with E-state index in [1.807, 2.05) is 25.1 Å². The predicted molar refractivity (Wildman–Crippen MR) is 41.7 cm³/mol. The van der Waals surface area contributed by atoms with E-state index in [4.69, 9.17) is 0 Å². The highest BCUT2D eigenvalue weighted by Gasteiger charge is 2.01. The first-order valence-electron chi connectivity index (χ1n) is 3.41. The maximum atomic E-state index is 9.25. The van der Waals surface area contributed by atoms with Gasteiger partial charge in [0.2, 0.25) is 0 Å². The number of hydrogen-bond acceptors (Lipinski definition) is 2. The Morgan fingerprint density at radius 2 is 2.27 bits per heavy atom. The molecule has 0 aliphatic rings. The van der Waals surface area contributed by atoms with Crippen molar-refractivity contribution in [2.75, 3.05) is 0 Å². The van der Waals surface area contributed by atoms with Crippen molar-refractivity contribution in [3.8, 4) is 0 Å². The van der Waals surface area contributed by atoms with Gasteiger partial charge in [0.1, 0.15) is 11.8 Å². The lowest BCUT2D eigenvalue weighted by Gasteiger charge is -1.95. The van der Waals surface area contributed by atoms with Gasteiger partial charge in [-0.1, -0.05) is 12.1 Å². The molecule has 0 atom stereocenters. The van der Waals surface area contributed by atoms with Crippen LogP contribution in [0.4, 0.5) is 0 Å². The van der Waals surface area contributed by atoms with Gasteiger partial charge in [0, 0.05) is 0 Å². The number of aryl methyl sites for hydroxylation is 1. The first-order valence-corrected chi connectivity index (χ1v) is 3.41. The Balaban J connectivity index is 2.96. The van der Waals surface area contributed by atoms with Crippen molar-refractivity contribution < 1.29 is 5.21 Å². The SMILES string of the molecule is Cc1cccc2ncn(O)c12. The van der Waals surface area contributed by atoms with Crippen molar-refractivity contribution in [3.05, 3.63) is 30.1 Å². The number of benzene rings is 1. The third-order valence-corrected chi connectivity index (χ3v) is 1.75. The summed E-state index contributed by atoms with van der Waals surface area (Å²) in [4.78, 5) is 3.99. The van der Waals surface area contributed by atoms with Gasteiger partial charge in [0.15, 0.2) is 0 Å². The summed E-state index contributed by atoms with van der Waals surface area (Å²) >= 11 is 0. The summed E-state index contributed by atoms with van der Waals surface area (Å²) in [7, 11) is 0. The average Bonchev–Trinajstić information content (AvgIpc) is 2.34.